The van der Waals surface area contributed by atoms with E-state index in [1.54, 1.807) is 18.2 Å². The van der Waals surface area contributed by atoms with Crippen molar-refractivity contribution >= 4 is 5.76 Å². The van der Waals surface area contributed by atoms with Gasteiger partial charge in [-0.25, -0.2) is 0 Å². The van der Waals surface area contributed by atoms with Gasteiger partial charge in [0.05, 0.1) is 6.61 Å². The van der Waals surface area contributed by atoms with Gasteiger partial charge >= 0.3 is 0 Å². The molecule has 0 spiro atoms. The molecule has 0 aliphatic carbocycles. The van der Waals surface area contributed by atoms with E-state index in [1.807, 2.05) is 13.0 Å². The lowest BCUT2D eigenvalue weighted by Crippen LogP contribution is -1.88. The van der Waals surface area contributed by atoms with Gasteiger partial charge in [0.1, 0.15) is 11.5 Å². The summed E-state index contributed by atoms with van der Waals surface area (Å²) in [5.41, 5.74) is 0.817. The highest BCUT2D eigenvalue weighted by Crippen LogP contribution is 2.18. The van der Waals surface area contributed by atoms with Gasteiger partial charge in [-0.2, -0.15) is 0 Å². The molecule has 0 aromatic heterocycles. The maximum atomic E-state index is 9.13. The molecule has 0 amide bonds. The van der Waals surface area contributed by atoms with Crippen LogP contribution in [0, 0.1) is 0 Å². The second kappa shape index (κ2) is 3.81. The topological polar surface area (TPSA) is 29.5 Å². The molecular formula is C10H12O2. The van der Waals surface area contributed by atoms with Crippen molar-refractivity contribution in [2.24, 2.45) is 0 Å². The van der Waals surface area contributed by atoms with Crippen LogP contribution in [0.2, 0.25) is 0 Å². The van der Waals surface area contributed by atoms with Crippen molar-refractivity contribution in [3.63, 3.8) is 0 Å². The molecule has 0 atom stereocenters. The minimum atomic E-state index is 0.230. The monoisotopic (exact) mass is 164 g/mol. The van der Waals surface area contributed by atoms with Crippen LogP contribution in [0.3, 0.4) is 0 Å². The first-order valence-corrected chi connectivity index (χ1v) is 3.85. The van der Waals surface area contributed by atoms with Crippen LogP contribution in [0.5, 0.6) is 5.75 Å². The predicted molar refractivity (Wildman–Crippen MR) is 48.8 cm³/mol. The Kier molecular flexibility index (Phi) is 2.75. The van der Waals surface area contributed by atoms with Gasteiger partial charge in [0, 0.05) is 5.56 Å². The van der Waals surface area contributed by atoms with E-state index in [0.29, 0.717) is 12.4 Å². The van der Waals surface area contributed by atoms with E-state index in [1.165, 1.54) is 0 Å². The first kappa shape index (κ1) is 8.65. The fraction of sp³-hybridized carbons (Fsp3) is 0.200. The number of benzene rings is 1. The van der Waals surface area contributed by atoms with E-state index < -0.39 is 0 Å². The highest BCUT2D eigenvalue weighted by Gasteiger charge is 1.98. The molecule has 0 heterocycles. The van der Waals surface area contributed by atoms with Crippen LogP contribution >= 0.6 is 0 Å². The van der Waals surface area contributed by atoms with Crippen molar-refractivity contribution in [1.29, 1.82) is 0 Å². The van der Waals surface area contributed by atoms with Crippen LogP contribution in [-0.4, -0.2) is 11.7 Å². The molecule has 2 nitrogen and oxygen atoms in total. The van der Waals surface area contributed by atoms with Crippen LogP contribution in [0.4, 0.5) is 0 Å². The molecule has 2 heteroatoms. The number of ether oxygens (including phenoxy) is 1. The molecule has 0 fully saturated rings. The van der Waals surface area contributed by atoms with Gasteiger partial charge < -0.3 is 9.84 Å². The Morgan fingerprint density at radius 1 is 1.58 bits per heavy atom. The SMILES string of the molecule is C=C(OCC)c1cccc(O)c1. The first-order valence-electron chi connectivity index (χ1n) is 3.85. The van der Waals surface area contributed by atoms with Crippen LogP contribution in [0.1, 0.15) is 12.5 Å². The quantitative estimate of drug-likeness (QED) is 0.695. The molecule has 1 aromatic carbocycles. The van der Waals surface area contributed by atoms with Crippen LogP contribution in [0.25, 0.3) is 5.76 Å². The molecule has 1 rings (SSSR count). The summed E-state index contributed by atoms with van der Waals surface area (Å²) in [6.07, 6.45) is 0. The third kappa shape index (κ3) is 2.02. The number of hydrogen-bond acceptors (Lipinski definition) is 2. The van der Waals surface area contributed by atoms with Gasteiger partial charge in [-0.15, -0.1) is 0 Å². The zero-order chi connectivity index (χ0) is 8.97. The number of phenols is 1. The Bertz CT molecular complexity index is 279. The molecule has 0 unspecified atom stereocenters. The lowest BCUT2D eigenvalue weighted by Gasteiger charge is -2.06. The Morgan fingerprint density at radius 3 is 2.92 bits per heavy atom. The molecule has 0 aliphatic rings. The number of aromatic hydroxyl groups is 1. The fourth-order valence-electron chi connectivity index (χ4n) is 0.937. The molecule has 1 N–H and O–H groups in total. The van der Waals surface area contributed by atoms with Gasteiger partial charge in [-0.3, -0.25) is 0 Å². The second-order valence-electron chi connectivity index (χ2n) is 2.41. The standard InChI is InChI=1S/C10H12O2/c1-3-12-8(2)9-5-4-6-10(11)7-9/h4-7,11H,2-3H2,1H3. The van der Waals surface area contributed by atoms with Gasteiger partial charge in [0.15, 0.2) is 0 Å². The largest absolute Gasteiger partial charge is 0.508 e. The van der Waals surface area contributed by atoms with Crippen molar-refractivity contribution < 1.29 is 9.84 Å². The second-order valence-corrected chi connectivity index (χ2v) is 2.41. The van der Waals surface area contributed by atoms with E-state index in [4.69, 9.17) is 9.84 Å². The summed E-state index contributed by atoms with van der Waals surface area (Å²) in [6, 6.07) is 6.84. The van der Waals surface area contributed by atoms with Gasteiger partial charge in [-0.05, 0) is 19.1 Å². The summed E-state index contributed by atoms with van der Waals surface area (Å²) in [5, 5.41) is 9.13. The van der Waals surface area contributed by atoms with Crippen molar-refractivity contribution in [2.75, 3.05) is 6.61 Å². The van der Waals surface area contributed by atoms with Gasteiger partial charge in [0.25, 0.3) is 0 Å². The maximum Gasteiger partial charge on any atom is 0.119 e. The maximum absolute atomic E-state index is 9.13. The summed E-state index contributed by atoms with van der Waals surface area (Å²) >= 11 is 0. The molecule has 0 saturated heterocycles. The zero-order valence-electron chi connectivity index (χ0n) is 7.08. The van der Waals surface area contributed by atoms with E-state index in [2.05, 4.69) is 6.58 Å². The molecule has 0 radical (unpaired) electrons. The number of hydrogen-bond donors (Lipinski definition) is 1. The van der Waals surface area contributed by atoms with Crippen LogP contribution in [0.15, 0.2) is 30.8 Å². The lowest BCUT2D eigenvalue weighted by molar-refractivity contribution is 0.299. The highest BCUT2D eigenvalue weighted by molar-refractivity contribution is 5.58. The summed E-state index contributed by atoms with van der Waals surface area (Å²) < 4.78 is 5.18. The molecule has 64 valence electrons. The molecule has 0 bridgehead atoms. The van der Waals surface area contributed by atoms with E-state index >= 15 is 0 Å². The molecule has 0 saturated carbocycles. The fourth-order valence-corrected chi connectivity index (χ4v) is 0.937. The Hall–Kier alpha value is -1.44. The summed E-state index contributed by atoms with van der Waals surface area (Å²) in [7, 11) is 0. The Labute approximate surface area is 72.1 Å². The van der Waals surface area contributed by atoms with Crippen molar-refractivity contribution in [1.82, 2.24) is 0 Å². The van der Waals surface area contributed by atoms with Crippen molar-refractivity contribution in [3.05, 3.63) is 36.4 Å². The Morgan fingerprint density at radius 2 is 2.33 bits per heavy atom. The van der Waals surface area contributed by atoms with Crippen molar-refractivity contribution in [2.45, 2.75) is 6.92 Å². The summed E-state index contributed by atoms with van der Waals surface area (Å²) in [6.45, 7) is 6.21. The average molecular weight is 164 g/mol. The Balaban J connectivity index is 2.81. The normalized spacial score (nSPS) is 9.42. The molecule has 1 aromatic rings. The molecular weight excluding hydrogens is 152 g/mol. The van der Waals surface area contributed by atoms with E-state index in [0.717, 1.165) is 5.56 Å². The van der Waals surface area contributed by atoms with Crippen molar-refractivity contribution in [3.8, 4) is 5.75 Å². The van der Waals surface area contributed by atoms with E-state index in [-0.39, 0.29) is 5.75 Å². The molecule has 0 aliphatic heterocycles. The summed E-state index contributed by atoms with van der Waals surface area (Å²) in [5.74, 6) is 0.821. The third-order valence-corrected chi connectivity index (χ3v) is 1.49. The number of rotatable bonds is 3. The van der Waals surface area contributed by atoms with Crippen LogP contribution in [-0.2, 0) is 4.74 Å². The highest BCUT2D eigenvalue weighted by atomic mass is 16.5. The molecule has 12 heavy (non-hydrogen) atoms. The predicted octanol–water partition coefficient (Wildman–Crippen LogP) is 2.40. The lowest BCUT2D eigenvalue weighted by atomic mass is 10.2. The third-order valence-electron chi connectivity index (χ3n) is 1.49. The summed E-state index contributed by atoms with van der Waals surface area (Å²) in [4.78, 5) is 0. The first-order chi connectivity index (χ1) is 5.74. The van der Waals surface area contributed by atoms with Gasteiger partial charge in [0.2, 0.25) is 0 Å². The van der Waals surface area contributed by atoms with Gasteiger partial charge in [-0.1, -0.05) is 18.7 Å². The smallest absolute Gasteiger partial charge is 0.119 e. The average Bonchev–Trinajstić information content (AvgIpc) is 2.05. The van der Waals surface area contributed by atoms with E-state index in [9.17, 15) is 0 Å². The minimum Gasteiger partial charge on any atom is -0.508 e. The minimum absolute atomic E-state index is 0.230. The number of phenolic OH excluding ortho intramolecular Hbond substituents is 1. The van der Waals surface area contributed by atoms with Crippen LogP contribution < -0.4 is 0 Å². The zero-order valence-corrected chi connectivity index (χ0v) is 7.08.